The first-order valence-corrected chi connectivity index (χ1v) is 9.01. The predicted octanol–water partition coefficient (Wildman–Crippen LogP) is 2.03. The highest BCUT2D eigenvalue weighted by Crippen LogP contribution is 2.16. The van der Waals surface area contributed by atoms with E-state index in [2.05, 4.69) is 15.6 Å². The van der Waals surface area contributed by atoms with Crippen molar-refractivity contribution in [1.29, 1.82) is 0 Å². The molecule has 0 radical (unpaired) electrons. The lowest BCUT2D eigenvalue weighted by Gasteiger charge is -2.14. The van der Waals surface area contributed by atoms with Gasteiger partial charge >= 0.3 is 0 Å². The minimum Gasteiger partial charge on any atom is -0.496 e. The third-order valence-electron chi connectivity index (χ3n) is 4.08. The number of carbonyl (C=O) groups excluding carboxylic acids is 1. The fourth-order valence-corrected chi connectivity index (χ4v) is 2.45. The molecule has 2 N–H and O–H groups in total. The minimum atomic E-state index is -0.0792. The fraction of sp³-hybridized carbons (Fsp3) is 0.333. The lowest BCUT2D eigenvalue weighted by Crippen LogP contribution is -2.36. The average molecular weight is 384 g/mol. The smallest absolute Gasteiger partial charge is 0.259 e. The van der Waals surface area contributed by atoms with E-state index < -0.39 is 0 Å². The summed E-state index contributed by atoms with van der Waals surface area (Å²) in [6.45, 7) is 1.19. The Labute approximate surface area is 166 Å². The Balaban J connectivity index is 1.87. The van der Waals surface area contributed by atoms with Crippen molar-refractivity contribution >= 4 is 11.9 Å². The van der Waals surface area contributed by atoms with Gasteiger partial charge in [-0.3, -0.25) is 9.79 Å². The van der Waals surface area contributed by atoms with Crippen molar-refractivity contribution in [2.45, 2.75) is 13.1 Å². The molecular formula is C21H28N4O3. The summed E-state index contributed by atoms with van der Waals surface area (Å²) in [5.74, 6) is 2.10. The molecule has 7 heteroatoms. The molecule has 0 aliphatic rings. The van der Waals surface area contributed by atoms with Crippen LogP contribution in [0.25, 0.3) is 0 Å². The molecule has 0 saturated heterocycles. The standard InChI is InChI=1S/C21H28N4O3/c1-22-21(24-14-17-9-5-6-11-19(17)27-4)23-13-16-8-7-10-18(12-16)28-15-20(26)25(2)3/h5-12H,13-15H2,1-4H3,(H2,22,23,24). The summed E-state index contributed by atoms with van der Waals surface area (Å²) in [5.41, 5.74) is 2.07. The van der Waals surface area contributed by atoms with Crippen LogP contribution >= 0.6 is 0 Å². The normalized spacial score (nSPS) is 10.9. The molecule has 2 aromatic carbocycles. The molecule has 0 aliphatic carbocycles. The number of likely N-dealkylation sites (N-methyl/N-ethyl adjacent to an activating group) is 1. The number of carbonyl (C=O) groups is 1. The first kappa shape index (κ1) is 21.1. The van der Waals surface area contributed by atoms with Crippen LogP contribution in [0.3, 0.4) is 0 Å². The van der Waals surface area contributed by atoms with E-state index in [0.717, 1.165) is 16.9 Å². The zero-order valence-corrected chi connectivity index (χ0v) is 16.9. The third-order valence-corrected chi connectivity index (χ3v) is 4.08. The second-order valence-electron chi connectivity index (χ2n) is 6.32. The second kappa shape index (κ2) is 10.8. The molecule has 0 fully saturated rings. The molecule has 2 aromatic rings. The van der Waals surface area contributed by atoms with E-state index in [1.165, 1.54) is 4.90 Å². The fourth-order valence-electron chi connectivity index (χ4n) is 2.45. The Morgan fingerprint density at radius 3 is 2.54 bits per heavy atom. The summed E-state index contributed by atoms with van der Waals surface area (Å²) < 4.78 is 10.9. The van der Waals surface area contributed by atoms with Crippen LogP contribution in [-0.2, 0) is 17.9 Å². The highest BCUT2D eigenvalue weighted by atomic mass is 16.5. The summed E-state index contributed by atoms with van der Waals surface area (Å²) in [7, 11) is 6.79. The monoisotopic (exact) mass is 384 g/mol. The molecule has 2 rings (SSSR count). The predicted molar refractivity (Wildman–Crippen MR) is 111 cm³/mol. The topological polar surface area (TPSA) is 75.2 Å². The van der Waals surface area contributed by atoms with Gasteiger partial charge in [0.15, 0.2) is 12.6 Å². The van der Waals surface area contributed by atoms with Crippen LogP contribution in [0.4, 0.5) is 0 Å². The first-order chi connectivity index (χ1) is 13.5. The van der Waals surface area contributed by atoms with E-state index in [1.54, 1.807) is 28.3 Å². The van der Waals surface area contributed by atoms with Gasteiger partial charge in [-0.2, -0.15) is 0 Å². The highest BCUT2D eigenvalue weighted by Gasteiger charge is 2.06. The third kappa shape index (κ3) is 6.50. The molecule has 0 spiro atoms. The SMILES string of the molecule is CN=C(NCc1cccc(OCC(=O)N(C)C)c1)NCc1ccccc1OC. The van der Waals surface area contributed by atoms with Crippen LogP contribution in [0.1, 0.15) is 11.1 Å². The van der Waals surface area contributed by atoms with E-state index in [4.69, 9.17) is 9.47 Å². The lowest BCUT2D eigenvalue weighted by atomic mass is 10.2. The number of hydrogen-bond acceptors (Lipinski definition) is 4. The molecule has 7 nitrogen and oxygen atoms in total. The van der Waals surface area contributed by atoms with Gasteiger partial charge in [-0.15, -0.1) is 0 Å². The van der Waals surface area contributed by atoms with Gasteiger partial charge in [0, 0.05) is 39.8 Å². The van der Waals surface area contributed by atoms with Gasteiger partial charge in [-0.25, -0.2) is 0 Å². The maximum absolute atomic E-state index is 11.6. The molecule has 0 atom stereocenters. The zero-order valence-electron chi connectivity index (χ0n) is 16.9. The number of para-hydroxylation sites is 1. The zero-order chi connectivity index (χ0) is 20.4. The van der Waals surface area contributed by atoms with Crippen molar-refractivity contribution in [3.63, 3.8) is 0 Å². The van der Waals surface area contributed by atoms with Crippen molar-refractivity contribution in [3.05, 3.63) is 59.7 Å². The van der Waals surface area contributed by atoms with E-state index in [0.29, 0.717) is 24.8 Å². The number of nitrogens with zero attached hydrogens (tertiary/aromatic N) is 2. The Kier molecular flexibility index (Phi) is 8.14. The molecule has 1 amide bonds. The van der Waals surface area contributed by atoms with Crippen LogP contribution < -0.4 is 20.1 Å². The number of guanidine groups is 1. The molecule has 0 saturated carbocycles. The van der Waals surface area contributed by atoms with E-state index in [9.17, 15) is 4.79 Å². The molecular weight excluding hydrogens is 356 g/mol. The van der Waals surface area contributed by atoms with Crippen LogP contribution in [-0.4, -0.2) is 51.6 Å². The summed E-state index contributed by atoms with van der Waals surface area (Å²) in [5, 5.41) is 6.55. The van der Waals surface area contributed by atoms with Gasteiger partial charge < -0.3 is 25.0 Å². The molecule has 150 valence electrons. The summed E-state index contributed by atoms with van der Waals surface area (Å²) in [6, 6.07) is 15.5. The van der Waals surface area contributed by atoms with Gasteiger partial charge in [0.25, 0.3) is 5.91 Å². The molecule has 0 unspecified atom stereocenters. The Bertz CT molecular complexity index is 806. The first-order valence-electron chi connectivity index (χ1n) is 9.01. The Morgan fingerprint density at radius 1 is 1.07 bits per heavy atom. The summed E-state index contributed by atoms with van der Waals surface area (Å²) in [4.78, 5) is 17.4. The van der Waals surface area contributed by atoms with Gasteiger partial charge in [0.1, 0.15) is 11.5 Å². The number of benzene rings is 2. The van der Waals surface area contributed by atoms with Crippen LogP contribution in [0.2, 0.25) is 0 Å². The van der Waals surface area contributed by atoms with Crippen molar-refractivity contribution in [2.24, 2.45) is 4.99 Å². The van der Waals surface area contributed by atoms with E-state index >= 15 is 0 Å². The van der Waals surface area contributed by atoms with Crippen molar-refractivity contribution in [3.8, 4) is 11.5 Å². The van der Waals surface area contributed by atoms with Crippen molar-refractivity contribution in [1.82, 2.24) is 15.5 Å². The summed E-state index contributed by atoms with van der Waals surface area (Å²) >= 11 is 0. The Morgan fingerprint density at radius 2 is 1.82 bits per heavy atom. The molecule has 28 heavy (non-hydrogen) atoms. The number of hydrogen-bond donors (Lipinski definition) is 2. The van der Waals surface area contributed by atoms with E-state index in [-0.39, 0.29) is 12.5 Å². The van der Waals surface area contributed by atoms with Gasteiger partial charge in [0.2, 0.25) is 0 Å². The number of methoxy groups -OCH3 is 1. The molecule has 0 heterocycles. The number of rotatable bonds is 8. The van der Waals surface area contributed by atoms with Crippen LogP contribution in [0.15, 0.2) is 53.5 Å². The number of amides is 1. The average Bonchev–Trinajstić information content (AvgIpc) is 2.72. The maximum atomic E-state index is 11.6. The minimum absolute atomic E-state index is 0.0199. The summed E-state index contributed by atoms with van der Waals surface area (Å²) in [6.07, 6.45) is 0. The maximum Gasteiger partial charge on any atom is 0.259 e. The highest BCUT2D eigenvalue weighted by molar-refractivity contribution is 5.79. The quantitative estimate of drug-likeness (QED) is 0.538. The molecule has 0 aromatic heterocycles. The van der Waals surface area contributed by atoms with Crippen LogP contribution in [0, 0.1) is 0 Å². The van der Waals surface area contributed by atoms with Crippen LogP contribution in [0.5, 0.6) is 11.5 Å². The molecule has 0 aliphatic heterocycles. The molecule has 0 bridgehead atoms. The van der Waals surface area contributed by atoms with E-state index in [1.807, 2.05) is 48.5 Å². The van der Waals surface area contributed by atoms with Gasteiger partial charge in [0.05, 0.1) is 7.11 Å². The van der Waals surface area contributed by atoms with Crippen molar-refractivity contribution < 1.29 is 14.3 Å². The second-order valence-corrected chi connectivity index (χ2v) is 6.32. The van der Waals surface area contributed by atoms with Crippen molar-refractivity contribution in [2.75, 3.05) is 34.9 Å². The lowest BCUT2D eigenvalue weighted by molar-refractivity contribution is -0.130. The largest absolute Gasteiger partial charge is 0.496 e. The number of ether oxygens (including phenoxy) is 2. The number of aliphatic imine (C=N–C) groups is 1. The van der Waals surface area contributed by atoms with Gasteiger partial charge in [-0.1, -0.05) is 30.3 Å². The Hall–Kier alpha value is -3.22. The number of nitrogens with one attached hydrogen (secondary N) is 2. The van der Waals surface area contributed by atoms with Gasteiger partial charge in [-0.05, 0) is 23.8 Å².